The molecule has 1 amide bonds. The highest BCUT2D eigenvalue weighted by Gasteiger charge is 2.33. The molecule has 3 rings (SSSR count). The molecule has 1 atom stereocenters. The highest BCUT2D eigenvalue weighted by atomic mass is 32.2. The van der Waals surface area contributed by atoms with E-state index in [0.717, 1.165) is 37.5 Å². The van der Waals surface area contributed by atoms with Gasteiger partial charge < -0.3 is 19.3 Å². The molecular weight excluding hydrogens is 324 g/mol. The van der Waals surface area contributed by atoms with E-state index in [0.29, 0.717) is 11.5 Å². The van der Waals surface area contributed by atoms with Crippen molar-refractivity contribution in [3.63, 3.8) is 0 Å². The lowest BCUT2D eigenvalue weighted by Crippen LogP contribution is -2.39. The monoisotopic (exact) mass is 350 g/mol. The van der Waals surface area contributed by atoms with E-state index in [-0.39, 0.29) is 11.3 Å². The molecule has 5 nitrogen and oxygen atoms in total. The molecule has 2 heterocycles. The number of nitrogens with zero attached hydrogens (tertiary/aromatic N) is 2. The van der Waals surface area contributed by atoms with E-state index in [1.54, 1.807) is 26.0 Å². The number of ether oxygens (including phenoxy) is 2. The normalized spacial score (nSPS) is 22.0. The van der Waals surface area contributed by atoms with Gasteiger partial charge in [-0.3, -0.25) is 4.79 Å². The van der Waals surface area contributed by atoms with Crippen LogP contribution in [-0.2, 0) is 4.79 Å². The summed E-state index contributed by atoms with van der Waals surface area (Å²) in [7, 11) is 3.28. The topological polar surface area (TPSA) is 42.0 Å². The summed E-state index contributed by atoms with van der Waals surface area (Å²) in [6.45, 7) is 4.09. The molecule has 6 heteroatoms. The van der Waals surface area contributed by atoms with Gasteiger partial charge in [-0.15, -0.1) is 11.8 Å². The van der Waals surface area contributed by atoms with E-state index < -0.39 is 0 Å². The number of hydrogen-bond acceptors (Lipinski definition) is 5. The number of methoxy groups -OCH3 is 2. The first-order chi connectivity index (χ1) is 11.7. The molecular formula is C18H26N2O3S. The summed E-state index contributed by atoms with van der Waals surface area (Å²) in [6.07, 6.45) is 3.90. The number of likely N-dealkylation sites (tertiary alicyclic amines) is 1. The first-order valence-electron chi connectivity index (χ1n) is 8.58. The maximum Gasteiger partial charge on any atom is 0.233 e. The molecule has 2 saturated heterocycles. The Morgan fingerprint density at radius 2 is 1.83 bits per heavy atom. The Kier molecular flexibility index (Phi) is 5.89. The Morgan fingerprint density at radius 1 is 1.08 bits per heavy atom. The third-order valence-electron chi connectivity index (χ3n) is 4.77. The summed E-state index contributed by atoms with van der Waals surface area (Å²) in [6, 6.07) is 5.94. The molecule has 0 unspecified atom stereocenters. The second-order valence-corrected chi connectivity index (χ2v) is 7.34. The van der Waals surface area contributed by atoms with Crippen LogP contribution in [0, 0.1) is 0 Å². The molecule has 2 aliphatic heterocycles. The fraction of sp³-hybridized carbons (Fsp3) is 0.611. The van der Waals surface area contributed by atoms with Crippen LogP contribution in [0.3, 0.4) is 0 Å². The van der Waals surface area contributed by atoms with Crippen molar-refractivity contribution in [3.8, 4) is 11.5 Å². The van der Waals surface area contributed by atoms with Gasteiger partial charge in [0.25, 0.3) is 0 Å². The van der Waals surface area contributed by atoms with Gasteiger partial charge in [-0.05, 0) is 43.6 Å². The number of rotatable bonds is 6. The van der Waals surface area contributed by atoms with Crippen LogP contribution in [0.4, 0.5) is 0 Å². The van der Waals surface area contributed by atoms with Crippen LogP contribution >= 0.6 is 11.8 Å². The molecule has 0 aromatic heterocycles. The van der Waals surface area contributed by atoms with Gasteiger partial charge in [-0.25, -0.2) is 0 Å². The summed E-state index contributed by atoms with van der Waals surface area (Å²) in [4.78, 5) is 16.8. The highest BCUT2D eigenvalue weighted by molar-refractivity contribution is 8.00. The number of thioether (sulfide) groups is 1. The molecule has 1 aromatic rings. The Balaban J connectivity index is 1.70. The molecule has 0 saturated carbocycles. The van der Waals surface area contributed by atoms with Gasteiger partial charge in [-0.1, -0.05) is 12.5 Å². The molecule has 2 aliphatic rings. The molecule has 2 fully saturated rings. The summed E-state index contributed by atoms with van der Waals surface area (Å²) in [5.41, 5.74) is 1.10. The predicted molar refractivity (Wildman–Crippen MR) is 96.7 cm³/mol. The third kappa shape index (κ3) is 3.81. The van der Waals surface area contributed by atoms with Crippen LogP contribution in [0.25, 0.3) is 0 Å². The molecule has 132 valence electrons. The molecule has 0 spiro atoms. The van der Waals surface area contributed by atoms with Crippen LogP contribution < -0.4 is 9.47 Å². The summed E-state index contributed by atoms with van der Waals surface area (Å²) < 4.78 is 10.7. The van der Waals surface area contributed by atoms with Crippen molar-refractivity contribution in [3.05, 3.63) is 23.8 Å². The second-order valence-electron chi connectivity index (χ2n) is 6.27. The molecule has 0 radical (unpaired) electrons. The minimum Gasteiger partial charge on any atom is -0.493 e. The second kappa shape index (κ2) is 8.12. The quantitative estimate of drug-likeness (QED) is 0.789. The van der Waals surface area contributed by atoms with Gasteiger partial charge in [0.1, 0.15) is 5.37 Å². The molecule has 1 aromatic carbocycles. The van der Waals surface area contributed by atoms with E-state index in [4.69, 9.17) is 9.47 Å². The van der Waals surface area contributed by atoms with Crippen molar-refractivity contribution >= 4 is 17.7 Å². The van der Waals surface area contributed by atoms with E-state index in [9.17, 15) is 4.79 Å². The van der Waals surface area contributed by atoms with E-state index >= 15 is 0 Å². The van der Waals surface area contributed by atoms with Crippen molar-refractivity contribution in [2.24, 2.45) is 0 Å². The van der Waals surface area contributed by atoms with Gasteiger partial charge >= 0.3 is 0 Å². The Labute approximate surface area is 148 Å². The van der Waals surface area contributed by atoms with Crippen LogP contribution in [0.15, 0.2) is 18.2 Å². The standard InChI is InChI=1S/C18H26N2O3S/c1-22-15-7-6-14(12-16(15)23-2)18-20(17(21)13-24-18)11-10-19-8-4-3-5-9-19/h6-7,12,18H,3-5,8-11,13H2,1-2H3/t18-/m1/s1. The smallest absolute Gasteiger partial charge is 0.233 e. The predicted octanol–water partition coefficient (Wildman–Crippen LogP) is 2.76. The maximum absolute atomic E-state index is 12.3. The maximum atomic E-state index is 12.3. The molecule has 0 aliphatic carbocycles. The van der Waals surface area contributed by atoms with Crippen LogP contribution in [0.1, 0.15) is 30.2 Å². The van der Waals surface area contributed by atoms with Gasteiger partial charge in [0.2, 0.25) is 5.91 Å². The van der Waals surface area contributed by atoms with Crippen molar-refractivity contribution in [1.82, 2.24) is 9.80 Å². The Morgan fingerprint density at radius 3 is 2.54 bits per heavy atom. The zero-order chi connectivity index (χ0) is 16.9. The third-order valence-corrected chi connectivity index (χ3v) is 6.02. The van der Waals surface area contributed by atoms with Gasteiger partial charge in [-0.2, -0.15) is 0 Å². The van der Waals surface area contributed by atoms with Gasteiger partial charge in [0.05, 0.1) is 20.0 Å². The highest BCUT2D eigenvalue weighted by Crippen LogP contribution is 2.41. The molecule has 24 heavy (non-hydrogen) atoms. The van der Waals surface area contributed by atoms with Crippen molar-refractivity contribution < 1.29 is 14.3 Å². The van der Waals surface area contributed by atoms with E-state index in [1.165, 1.54) is 19.3 Å². The van der Waals surface area contributed by atoms with Gasteiger partial charge in [0, 0.05) is 13.1 Å². The van der Waals surface area contributed by atoms with E-state index in [1.807, 2.05) is 23.1 Å². The summed E-state index contributed by atoms with van der Waals surface area (Å²) >= 11 is 1.69. The number of amides is 1. The summed E-state index contributed by atoms with van der Waals surface area (Å²) in [5.74, 6) is 2.22. The largest absolute Gasteiger partial charge is 0.493 e. The fourth-order valence-electron chi connectivity index (χ4n) is 3.41. The lowest BCUT2D eigenvalue weighted by molar-refractivity contribution is -0.128. The Hall–Kier alpha value is -1.40. The number of carbonyl (C=O) groups is 1. The first kappa shape index (κ1) is 17.4. The molecule has 0 bridgehead atoms. The lowest BCUT2D eigenvalue weighted by atomic mass is 10.1. The number of piperidine rings is 1. The Bertz CT molecular complexity index is 575. The van der Waals surface area contributed by atoms with Crippen molar-refractivity contribution in [2.75, 3.05) is 46.2 Å². The SMILES string of the molecule is COc1ccc([C@H]2SCC(=O)N2CCN2CCCCC2)cc1OC. The number of benzene rings is 1. The van der Waals surface area contributed by atoms with Crippen LogP contribution in [0.5, 0.6) is 11.5 Å². The number of hydrogen-bond donors (Lipinski definition) is 0. The van der Waals surface area contributed by atoms with Crippen molar-refractivity contribution in [2.45, 2.75) is 24.6 Å². The average Bonchev–Trinajstić information content (AvgIpc) is 3.00. The van der Waals surface area contributed by atoms with Crippen molar-refractivity contribution in [1.29, 1.82) is 0 Å². The first-order valence-corrected chi connectivity index (χ1v) is 9.63. The average molecular weight is 350 g/mol. The van der Waals surface area contributed by atoms with Crippen LogP contribution in [-0.4, -0.2) is 61.9 Å². The van der Waals surface area contributed by atoms with Crippen LogP contribution in [0.2, 0.25) is 0 Å². The van der Waals surface area contributed by atoms with Gasteiger partial charge in [0.15, 0.2) is 11.5 Å². The minimum absolute atomic E-state index is 0.0714. The fourth-order valence-corrected chi connectivity index (χ4v) is 4.62. The summed E-state index contributed by atoms with van der Waals surface area (Å²) in [5, 5.41) is 0.0714. The minimum atomic E-state index is 0.0714. The van der Waals surface area contributed by atoms with E-state index in [2.05, 4.69) is 4.90 Å². The number of carbonyl (C=O) groups excluding carboxylic acids is 1. The molecule has 0 N–H and O–H groups in total. The zero-order valence-corrected chi connectivity index (χ0v) is 15.3. The lowest BCUT2D eigenvalue weighted by Gasteiger charge is -2.30. The zero-order valence-electron chi connectivity index (χ0n) is 14.5.